The summed E-state index contributed by atoms with van der Waals surface area (Å²) in [5, 5.41) is 2.93. The van der Waals surface area contributed by atoms with Crippen molar-refractivity contribution in [2.45, 2.75) is 58.6 Å². The van der Waals surface area contributed by atoms with E-state index in [1.165, 1.54) is 0 Å². The number of rotatable bonds is 9. The third-order valence-electron chi connectivity index (χ3n) is 6.12. The highest BCUT2D eigenvalue weighted by Gasteiger charge is 2.38. The van der Waals surface area contributed by atoms with Crippen molar-refractivity contribution >= 4 is 11.8 Å². The van der Waals surface area contributed by atoms with Crippen LogP contribution in [0.3, 0.4) is 0 Å². The first-order chi connectivity index (χ1) is 16.1. The minimum atomic E-state index is -0.420. The van der Waals surface area contributed by atoms with Gasteiger partial charge in [-0.15, -0.1) is 0 Å². The number of carbonyl (C=O) groups excluding carboxylic acids is 2. The van der Waals surface area contributed by atoms with Gasteiger partial charge < -0.3 is 24.4 Å². The number of nitrogens with zero attached hydrogens (tertiary/aromatic N) is 1. The van der Waals surface area contributed by atoms with E-state index >= 15 is 0 Å². The Kier molecular flexibility index (Phi) is 7.62. The molecule has 7 heteroatoms. The maximum atomic E-state index is 13.1. The van der Waals surface area contributed by atoms with E-state index in [9.17, 15) is 9.59 Å². The van der Waals surface area contributed by atoms with E-state index in [2.05, 4.69) is 5.32 Å². The first kappa shape index (κ1) is 23.3. The van der Waals surface area contributed by atoms with Crippen LogP contribution in [0, 0.1) is 0 Å². The Morgan fingerprint density at radius 3 is 2.52 bits per heavy atom. The predicted molar refractivity (Wildman–Crippen MR) is 124 cm³/mol. The molecule has 2 aliphatic rings. The van der Waals surface area contributed by atoms with Gasteiger partial charge in [0, 0.05) is 36.4 Å². The SMILES string of the molecule is CCOC(OCC)c1ccc(COc2cccc3c2CN([C@H]2CCCCNC2=O)C3=O)cc1. The number of hydrogen-bond acceptors (Lipinski definition) is 5. The molecule has 0 radical (unpaired) electrons. The molecule has 1 saturated heterocycles. The Bertz CT molecular complexity index is 969. The first-order valence-corrected chi connectivity index (χ1v) is 11.8. The summed E-state index contributed by atoms with van der Waals surface area (Å²) in [6.45, 7) is 6.49. The number of fused-ring (bicyclic) bond motifs is 1. The predicted octanol–water partition coefficient (Wildman–Crippen LogP) is 3.96. The highest BCUT2D eigenvalue weighted by Crippen LogP contribution is 2.34. The topological polar surface area (TPSA) is 77.1 Å². The number of hydrogen-bond donors (Lipinski definition) is 1. The van der Waals surface area contributed by atoms with Crippen molar-refractivity contribution in [2.24, 2.45) is 0 Å². The molecule has 0 saturated carbocycles. The molecule has 0 aromatic heterocycles. The van der Waals surface area contributed by atoms with Crippen molar-refractivity contribution in [3.8, 4) is 5.75 Å². The van der Waals surface area contributed by atoms with Gasteiger partial charge in [-0.05, 0) is 50.8 Å². The molecule has 2 aliphatic heterocycles. The lowest BCUT2D eigenvalue weighted by Crippen LogP contribution is -2.45. The molecule has 0 aliphatic carbocycles. The second kappa shape index (κ2) is 10.8. The summed E-state index contributed by atoms with van der Waals surface area (Å²) in [5.41, 5.74) is 3.44. The Morgan fingerprint density at radius 1 is 1.03 bits per heavy atom. The van der Waals surface area contributed by atoms with Crippen LogP contribution in [0.4, 0.5) is 0 Å². The average Bonchev–Trinajstić information content (AvgIpc) is 3.01. The fourth-order valence-corrected chi connectivity index (χ4v) is 4.41. The zero-order chi connectivity index (χ0) is 23.2. The summed E-state index contributed by atoms with van der Waals surface area (Å²) < 4.78 is 17.4. The van der Waals surface area contributed by atoms with Gasteiger partial charge in [-0.1, -0.05) is 30.3 Å². The van der Waals surface area contributed by atoms with Crippen molar-refractivity contribution in [3.63, 3.8) is 0 Å². The molecule has 0 spiro atoms. The second-order valence-electron chi connectivity index (χ2n) is 8.29. The van der Waals surface area contributed by atoms with E-state index in [-0.39, 0.29) is 18.1 Å². The summed E-state index contributed by atoms with van der Waals surface area (Å²) >= 11 is 0. The van der Waals surface area contributed by atoms with E-state index in [1.54, 1.807) is 4.90 Å². The maximum Gasteiger partial charge on any atom is 0.255 e. The lowest BCUT2D eigenvalue weighted by molar-refractivity contribution is -0.140. The third-order valence-corrected chi connectivity index (χ3v) is 6.12. The molecule has 4 rings (SSSR count). The van der Waals surface area contributed by atoms with Gasteiger partial charge in [-0.25, -0.2) is 0 Å². The summed E-state index contributed by atoms with van der Waals surface area (Å²) in [5.74, 6) is 0.524. The second-order valence-corrected chi connectivity index (χ2v) is 8.29. The lowest BCUT2D eigenvalue weighted by atomic mass is 10.1. The average molecular weight is 453 g/mol. The van der Waals surface area contributed by atoms with E-state index in [0.29, 0.717) is 50.6 Å². The minimum Gasteiger partial charge on any atom is -0.489 e. The van der Waals surface area contributed by atoms with Crippen LogP contribution >= 0.6 is 0 Å². The molecule has 33 heavy (non-hydrogen) atoms. The molecule has 7 nitrogen and oxygen atoms in total. The van der Waals surface area contributed by atoms with Crippen molar-refractivity contribution in [2.75, 3.05) is 19.8 Å². The number of nitrogens with one attached hydrogen (secondary N) is 1. The van der Waals surface area contributed by atoms with Crippen molar-refractivity contribution in [3.05, 3.63) is 64.7 Å². The number of benzene rings is 2. The zero-order valence-corrected chi connectivity index (χ0v) is 19.3. The Labute approximate surface area is 195 Å². The zero-order valence-electron chi connectivity index (χ0n) is 19.3. The van der Waals surface area contributed by atoms with Crippen LogP contribution in [0.2, 0.25) is 0 Å². The van der Waals surface area contributed by atoms with Crippen LogP contribution in [-0.2, 0) is 27.4 Å². The van der Waals surface area contributed by atoms with E-state index < -0.39 is 6.04 Å². The first-order valence-electron chi connectivity index (χ1n) is 11.8. The smallest absolute Gasteiger partial charge is 0.255 e. The van der Waals surface area contributed by atoms with Crippen LogP contribution in [-0.4, -0.2) is 42.5 Å². The van der Waals surface area contributed by atoms with Crippen LogP contribution in [0.15, 0.2) is 42.5 Å². The Morgan fingerprint density at radius 2 is 1.79 bits per heavy atom. The summed E-state index contributed by atoms with van der Waals surface area (Å²) in [6.07, 6.45) is 2.19. The van der Waals surface area contributed by atoms with Crippen molar-refractivity contribution in [1.29, 1.82) is 0 Å². The van der Waals surface area contributed by atoms with Gasteiger partial charge in [0.05, 0.1) is 6.54 Å². The standard InChI is InChI=1S/C26H32N2O5/c1-3-31-26(32-4-2)19-13-11-18(12-14-19)17-33-23-10-7-8-20-21(23)16-28(25(20)30)22-9-5-6-15-27-24(22)29/h7-8,10-14,22,26H,3-6,9,15-17H2,1-2H3,(H,27,29)/t22-/m0/s1. The van der Waals surface area contributed by atoms with Crippen molar-refractivity contribution < 1.29 is 23.8 Å². The van der Waals surface area contributed by atoms with Gasteiger partial charge in [-0.2, -0.15) is 0 Å². The van der Waals surface area contributed by atoms with Crippen LogP contribution in [0.5, 0.6) is 5.75 Å². The highest BCUT2D eigenvalue weighted by molar-refractivity contribution is 6.01. The summed E-state index contributed by atoms with van der Waals surface area (Å²) in [4.78, 5) is 27.2. The number of carbonyl (C=O) groups is 2. The lowest BCUT2D eigenvalue weighted by Gasteiger charge is -2.25. The molecule has 176 valence electrons. The Hall–Kier alpha value is -2.90. The van der Waals surface area contributed by atoms with Crippen LogP contribution in [0.25, 0.3) is 0 Å². The summed E-state index contributed by atoms with van der Waals surface area (Å²) in [6, 6.07) is 13.1. The minimum absolute atomic E-state index is 0.0615. The molecule has 1 N–H and O–H groups in total. The number of ether oxygens (including phenoxy) is 3. The number of amides is 2. The van der Waals surface area contributed by atoms with Gasteiger partial charge in [-0.3, -0.25) is 9.59 Å². The fraction of sp³-hybridized carbons (Fsp3) is 0.462. The van der Waals surface area contributed by atoms with Gasteiger partial charge in [0.15, 0.2) is 6.29 Å². The molecule has 1 atom stereocenters. The molecule has 0 unspecified atom stereocenters. The molecular weight excluding hydrogens is 420 g/mol. The van der Waals surface area contributed by atoms with E-state index in [4.69, 9.17) is 14.2 Å². The van der Waals surface area contributed by atoms with Crippen LogP contribution in [0.1, 0.15) is 66.4 Å². The van der Waals surface area contributed by atoms with E-state index in [1.807, 2.05) is 56.3 Å². The van der Waals surface area contributed by atoms with Gasteiger partial charge in [0.2, 0.25) is 5.91 Å². The molecule has 2 amide bonds. The van der Waals surface area contributed by atoms with Gasteiger partial charge >= 0.3 is 0 Å². The third kappa shape index (κ3) is 5.20. The quantitative estimate of drug-likeness (QED) is 0.583. The molecular formula is C26H32N2O5. The molecule has 2 aromatic rings. The summed E-state index contributed by atoms with van der Waals surface area (Å²) in [7, 11) is 0. The monoisotopic (exact) mass is 452 g/mol. The maximum absolute atomic E-state index is 13.1. The van der Waals surface area contributed by atoms with Crippen molar-refractivity contribution in [1.82, 2.24) is 10.2 Å². The largest absolute Gasteiger partial charge is 0.489 e. The molecule has 2 heterocycles. The normalized spacial score (nSPS) is 18.3. The van der Waals surface area contributed by atoms with Gasteiger partial charge in [0.1, 0.15) is 18.4 Å². The highest BCUT2D eigenvalue weighted by atomic mass is 16.7. The van der Waals surface area contributed by atoms with E-state index in [0.717, 1.165) is 29.5 Å². The molecule has 0 bridgehead atoms. The molecule has 2 aromatic carbocycles. The Balaban J connectivity index is 1.44. The van der Waals surface area contributed by atoms with Crippen LogP contribution < -0.4 is 10.1 Å². The fourth-order valence-electron chi connectivity index (χ4n) is 4.41. The molecule has 1 fully saturated rings. The van der Waals surface area contributed by atoms with Gasteiger partial charge in [0.25, 0.3) is 5.91 Å².